The molecule has 1 aliphatic rings. The molecular formula is C19H22N2O4. The van der Waals surface area contributed by atoms with Gasteiger partial charge >= 0.3 is 0 Å². The Balaban J connectivity index is 1.60. The molecule has 1 N–H and O–H groups in total. The van der Waals surface area contributed by atoms with Crippen molar-refractivity contribution in [3.63, 3.8) is 0 Å². The standard InChI is InChI=1S/C19H22N2O4/c1-13(9-17-7-4-8-25-17)20-19(23)14-10-18(22)21(12-14)15-5-3-6-16(11-15)24-2/h3-8,11,13-14H,9-10,12H2,1-2H3,(H,20,23)/t13-,14-/m1/s1. The van der Waals surface area contributed by atoms with E-state index in [4.69, 9.17) is 9.15 Å². The molecule has 1 fully saturated rings. The summed E-state index contributed by atoms with van der Waals surface area (Å²) < 4.78 is 10.5. The molecule has 25 heavy (non-hydrogen) atoms. The Bertz CT molecular complexity index is 742. The summed E-state index contributed by atoms with van der Waals surface area (Å²) in [4.78, 5) is 26.4. The molecule has 6 heteroatoms. The highest BCUT2D eigenvalue weighted by atomic mass is 16.5. The number of rotatable bonds is 6. The van der Waals surface area contributed by atoms with Gasteiger partial charge in [0.25, 0.3) is 0 Å². The SMILES string of the molecule is COc1cccc(N2C[C@H](C(=O)N[C@H](C)Cc3ccco3)CC2=O)c1. The van der Waals surface area contributed by atoms with E-state index in [2.05, 4.69) is 5.32 Å². The van der Waals surface area contributed by atoms with Gasteiger partial charge in [-0.15, -0.1) is 0 Å². The summed E-state index contributed by atoms with van der Waals surface area (Å²) in [5, 5.41) is 2.97. The molecule has 2 amide bonds. The number of furan rings is 1. The number of anilines is 1. The Morgan fingerprint density at radius 1 is 1.40 bits per heavy atom. The van der Waals surface area contributed by atoms with Gasteiger partial charge in [0.1, 0.15) is 11.5 Å². The molecule has 2 atom stereocenters. The summed E-state index contributed by atoms with van der Waals surface area (Å²) in [6.45, 7) is 2.31. The Hall–Kier alpha value is -2.76. The Kier molecular flexibility index (Phi) is 5.07. The molecule has 132 valence electrons. The molecule has 1 aromatic carbocycles. The lowest BCUT2D eigenvalue weighted by molar-refractivity contribution is -0.126. The fraction of sp³-hybridized carbons (Fsp3) is 0.368. The number of nitrogens with zero attached hydrogens (tertiary/aromatic N) is 1. The highest BCUT2D eigenvalue weighted by Crippen LogP contribution is 2.28. The molecule has 0 unspecified atom stereocenters. The van der Waals surface area contributed by atoms with Gasteiger partial charge < -0.3 is 19.4 Å². The second-order valence-electron chi connectivity index (χ2n) is 6.30. The average Bonchev–Trinajstić information content (AvgIpc) is 3.24. The maximum Gasteiger partial charge on any atom is 0.227 e. The first-order valence-corrected chi connectivity index (χ1v) is 8.34. The van der Waals surface area contributed by atoms with E-state index in [1.165, 1.54) is 0 Å². The monoisotopic (exact) mass is 342 g/mol. The van der Waals surface area contributed by atoms with Gasteiger partial charge in [0, 0.05) is 37.2 Å². The number of carbonyl (C=O) groups excluding carboxylic acids is 2. The molecule has 0 bridgehead atoms. The van der Waals surface area contributed by atoms with Crippen LogP contribution in [0, 0.1) is 5.92 Å². The molecule has 0 spiro atoms. The lowest BCUT2D eigenvalue weighted by Crippen LogP contribution is -2.39. The van der Waals surface area contributed by atoms with Crippen LogP contribution in [0.3, 0.4) is 0 Å². The first-order chi connectivity index (χ1) is 12.1. The molecule has 2 aromatic rings. The Morgan fingerprint density at radius 3 is 2.96 bits per heavy atom. The summed E-state index contributed by atoms with van der Waals surface area (Å²) in [5.74, 6) is 1.02. The number of nitrogens with one attached hydrogen (secondary N) is 1. The van der Waals surface area contributed by atoms with Crippen LogP contribution in [0.15, 0.2) is 47.1 Å². The van der Waals surface area contributed by atoms with E-state index >= 15 is 0 Å². The van der Waals surface area contributed by atoms with Gasteiger partial charge in [0.15, 0.2) is 0 Å². The van der Waals surface area contributed by atoms with Crippen LogP contribution < -0.4 is 15.0 Å². The van der Waals surface area contributed by atoms with E-state index in [0.717, 1.165) is 11.4 Å². The normalized spacial score (nSPS) is 18.2. The van der Waals surface area contributed by atoms with Crippen molar-refractivity contribution in [2.24, 2.45) is 5.92 Å². The molecule has 6 nitrogen and oxygen atoms in total. The predicted octanol–water partition coefficient (Wildman–Crippen LogP) is 2.39. The lowest BCUT2D eigenvalue weighted by Gasteiger charge is -2.18. The van der Waals surface area contributed by atoms with Crippen molar-refractivity contribution in [3.8, 4) is 5.75 Å². The summed E-state index contributed by atoms with van der Waals surface area (Å²) >= 11 is 0. The van der Waals surface area contributed by atoms with Crippen molar-refractivity contribution < 1.29 is 18.7 Å². The molecule has 0 radical (unpaired) electrons. The number of hydrogen-bond donors (Lipinski definition) is 1. The summed E-state index contributed by atoms with van der Waals surface area (Å²) in [6, 6.07) is 11.0. The van der Waals surface area contributed by atoms with Gasteiger partial charge in [-0.2, -0.15) is 0 Å². The van der Waals surface area contributed by atoms with Gasteiger partial charge in [-0.25, -0.2) is 0 Å². The minimum atomic E-state index is -0.349. The van der Waals surface area contributed by atoms with Crippen molar-refractivity contribution in [3.05, 3.63) is 48.4 Å². The predicted molar refractivity (Wildman–Crippen MR) is 93.5 cm³/mol. The molecule has 1 saturated heterocycles. The van der Waals surface area contributed by atoms with Gasteiger partial charge in [-0.1, -0.05) is 6.07 Å². The molecule has 1 aromatic heterocycles. The maximum absolute atomic E-state index is 12.5. The van der Waals surface area contributed by atoms with Crippen LogP contribution in [0.2, 0.25) is 0 Å². The quantitative estimate of drug-likeness (QED) is 0.875. The van der Waals surface area contributed by atoms with Crippen molar-refractivity contribution in [1.29, 1.82) is 0 Å². The van der Waals surface area contributed by atoms with E-state index in [-0.39, 0.29) is 30.2 Å². The second kappa shape index (κ2) is 7.42. The largest absolute Gasteiger partial charge is 0.497 e. The molecule has 2 heterocycles. The van der Waals surface area contributed by atoms with Crippen molar-refractivity contribution in [2.75, 3.05) is 18.6 Å². The highest BCUT2D eigenvalue weighted by molar-refractivity contribution is 6.00. The molecular weight excluding hydrogens is 320 g/mol. The number of benzene rings is 1. The second-order valence-corrected chi connectivity index (χ2v) is 6.30. The van der Waals surface area contributed by atoms with Crippen molar-refractivity contribution in [2.45, 2.75) is 25.8 Å². The van der Waals surface area contributed by atoms with E-state index in [1.54, 1.807) is 24.3 Å². The van der Waals surface area contributed by atoms with E-state index in [1.807, 2.05) is 37.3 Å². The van der Waals surface area contributed by atoms with Gasteiger partial charge in [0.05, 0.1) is 19.3 Å². The van der Waals surface area contributed by atoms with Crippen LogP contribution >= 0.6 is 0 Å². The third-order valence-corrected chi connectivity index (χ3v) is 4.34. The number of methoxy groups -OCH3 is 1. The molecule has 1 aliphatic heterocycles. The van der Waals surface area contributed by atoms with Crippen molar-refractivity contribution >= 4 is 17.5 Å². The summed E-state index contributed by atoms with van der Waals surface area (Å²) in [5.41, 5.74) is 0.753. The maximum atomic E-state index is 12.5. The first kappa shape index (κ1) is 17.1. The average molecular weight is 342 g/mol. The number of hydrogen-bond acceptors (Lipinski definition) is 4. The van der Waals surface area contributed by atoms with Crippen LogP contribution in [0.5, 0.6) is 5.75 Å². The summed E-state index contributed by atoms with van der Waals surface area (Å²) in [7, 11) is 1.58. The summed E-state index contributed by atoms with van der Waals surface area (Å²) in [6.07, 6.45) is 2.46. The molecule has 3 rings (SSSR count). The fourth-order valence-electron chi connectivity index (χ4n) is 3.05. The van der Waals surface area contributed by atoms with Gasteiger partial charge in [0.2, 0.25) is 11.8 Å². The van der Waals surface area contributed by atoms with Crippen LogP contribution in [0.4, 0.5) is 5.69 Å². The van der Waals surface area contributed by atoms with E-state index < -0.39 is 0 Å². The minimum Gasteiger partial charge on any atom is -0.497 e. The minimum absolute atomic E-state index is 0.0490. The number of amides is 2. The number of carbonyl (C=O) groups is 2. The fourth-order valence-corrected chi connectivity index (χ4v) is 3.05. The third-order valence-electron chi connectivity index (χ3n) is 4.34. The zero-order chi connectivity index (χ0) is 17.8. The van der Waals surface area contributed by atoms with E-state index in [0.29, 0.717) is 18.7 Å². The zero-order valence-electron chi connectivity index (χ0n) is 14.4. The van der Waals surface area contributed by atoms with E-state index in [9.17, 15) is 9.59 Å². The molecule has 0 aliphatic carbocycles. The topological polar surface area (TPSA) is 71.8 Å². The van der Waals surface area contributed by atoms with Gasteiger partial charge in [-0.05, 0) is 31.2 Å². The smallest absolute Gasteiger partial charge is 0.227 e. The van der Waals surface area contributed by atoms with Crippen LogP contribution in [0.25, 0.3) is 0 Å². The number of ether oxygens (including phenoxy) is 1. The third kappa shape index (κ3) is 4.02. The van der Waals surface area contributed by atoms with Crippen LogP contribution in [-0.2, 0) is 16.0 Å². The van der Waals surface area contributed by atoms with Crippen molar-refractivity contribution in [1.82, 2.24) is 5.32 Å². The van der Waals surface area contributed by atoms with Crippen LogP contribution in [-0.4, -0.2) is 31.5 Å². The Morgan fingerprint density at radius 2 is 2.24 bits per heavy atom. The lowest BCUT2D eigenvalue weighted by atomic mass is 10.1. The van der Waals surface area contributed by atoms with Crippen LogP contribution in [0.1, 0.15) is 19.1 Å². The first-order valence-electron chi connectivity index (χ1n) is 8.34. The molecule has 0 saturated carbocycles. The highest BCUT2D eigenvalue weighted by Gasteiger charge is 2.35. The Labute approximate surface area is 146 Å². The zero-order valence-corrected chi connectivity index (χ0v) is 14.4. The van der Waals surface area contributed by atoms with Gasteiger partial charge in [-0.3, -0.25) is 9.59 Å².